The van der Waals surface area contributed by atoms with Crippen LogP contribution in [0.2, 0.25) is 0 Å². The number of hydrogen-bond donors (Lipinski definition) is 0. The lowest BCUT2D eigenvalue weighted by atomic mass is 10.2. The van der Waals surface area contributed by atoms with Crippen molar-refractivity contribution in [3.63, 3.8) is 0 Å². The first-order chi connectivity index (χ1) is 7.81. The number of aryl methyl sites for hydroxylation is 1. The molecule has 0 atom stereocenters. The van der Waals surface area contributed by atoms with E-state index in [1.807, 2.05) is 12.2 Å². The molecule has 0 spiro atoms. The van der Waals surface area contributed by atoms with Crippen LogP contribution in [-0.4, -0.2) is 9.78 Å². The Hall–Kier alpha value is -1.31. The summed E-state index contributed by atoms with van der Waals surface area (Å²) in [5.41, 5.74) is 2.38. The van der Waals surface area contributed by atoms with Gasteiger partial charge in [0.15, 0.2) is 0 Å². The van der Waals surface area contributed by atoms with Gasteiger partial charge in [-0.1, -0.05) is 31.9 Å². The van der Waals surface area contributed by atoms with E-state index in [-0.39, 0.29) is 0 Å². The highest BCUT2D eigenvalue weighted by Crippen LogP contribution is 2.09. The molecule has 0 saturated heterocycles. The summed E-state index contributed by atoms with van der Waals surface area (Å²) < 4.78 is 2.12. The van der Waals surface area contributed by atoms with Gasteiger partial charge in [-0.3, -0.25) is 4.68 Å². The third kappa shape index (κ3) is 3.69. The minimum Gasteiger partial charge on any atom is -0.269 e. The Morgan fingerprint density at radius 3 is 2.62 bits per heavy atom. The van der Waals surface area contributed by atoms with Crippen molar-refractivity contribution in [2.45, 2.75) is 45.6 Å². The fourth-order valence-corrected chi connectivity index (χ4v) is 1.78. The summed E-state index contributed by atoms with van der Waals surface area (Å²) in [6.07, 6.45) is 9.31. The molecule has 1 aromatic heterocycles. The average Bonchev–Trinajstić information content (AvgIpc) is 2.63. The highest BCUT2D eigenvalue weighted by Gasteiger charge is 2.05. The maximum atomic E-state index is 4.59. The molecule has 2 heteroatoms. The summed E-state index contributed by atoms with van der Waals surface area (Å²) in [7, 11) is 0. The Balaban J connectivity index is 2.69. The molecule has 0 aliphatic carbocycles. The zero-order chi connectivity index (χ0) is 11.8. The summed E-state index contributed by atoms with van der Waals surface area (Å²) in [6.45, 7) is 10.8. The molecule has 0 saturated carbocycles. The molecule has 16 heavy (non-hydrogen) atoms. The van der Waals surface area contributed by atoms with Gasteiger partial charge in [-0.25, -0.2) is 0 Å². The van der Waals surface area contributed by atoms with Crippen molar-refractivity contribution in [1.82, 2.24) is 9.78 Å². The van der Waals surface area contributed by atoms with Crippen LogP contribution in [0.25, 0.3) is 0 Å². The van der Waals surface area contributed by atoms with Crippen LogP contribution in [0.3, 0.4) is 0 Å². The van der Waals surface area contributed by atoms with E-state index in [9.17, 15) is 0 Å². The van der Waals surface area contributed by atoms with Crippen LogP contribution in [0.4, 0.5) is 0 Å². The van der Waals surface area contributed by atoms with Crippen molar-refractivity contribution >= 4 is 0 Å². The van der Waals surface area contributed by atoms with E-state index in [4.69, 9.17) is 0 Å². The Bertz CT molecular complexity index is 337. The van der Waals surface area contributed by atoms with Crippen LogP contribution >= 0.6 is 0 Å². The zero-order valence-electron chi connectivity index (χ0n) is 10.3. The molecule has 2 nitrogen and oxygen atoms in total. The second-order valence-electron chi connectivity index (χ2n) is 4.04. The van der Waals surface area contributed by atoms with Gasteiger partial charge in [0.05, 0.1) is 5.69 Å². The largest absolute Gasteiger partial charge is 0.269 e. The van der Waals surface area contributed by atoms with E-state index >= 15 is 0 Å². The van der Waals surface area contributed by atoms with Gasteiger partial charge in [-0.15, -0.1) is 13.2 Å². The quantitative estimate of drug-likeness (QED) is 0.482. The number of unbranched alkanes of at least 4 members (excludes halogenated alkanes) is 2. The molecule has 0 fully saturated rings. The summed E-state index contributed by atoms with van der Waals surface area (Å²) in [6, 6.07) is 2.16. The third-order valence-electron chi connectivity index (χ3n) is 2.59. The second-order valence-corrected chi connectivity index (χ2v) is 4.04. The van der Waals surface area contributed by atoms with Gasteiger partial charge in [-0.2, -0.15) is 5.10 Å². The molecule has 1 rings (SSSR count). The highest BCUT2D eigenvalue weighted by atomic mass is 15.3. The van der Waals surface area contributed by atoms with Crippen LogP contribution in [0.1, 0.15) is 37.6 Å². The van der Waals surface area contributed by atoms with Gasteiger partial charge in [0, 0.05) is 25.1 Å². The fraction of sp³-hybridized carbons (Fsp3) is 0.500. The zero-order valence-corrected chi connectivity index (χ0v) is 10.3. The van der Waals surface area contributed by atoms with Crippen molar-refractivity contribution in [2.24, 2.45) is 0 Å². The predicted octanol–water partition coefficient (Wildman–Crippen LogP) is 3.53. The summed E-state index contributed by atoms with van der Waals surface area (Å²) in [5.74, 6) is 0. The minimum atomic E-state index is 0.852. The van der Waals surface area contributed by atoms with E-state index in [2.05, 4.69) is 35.9 Å². The van der Waals surface area contributed by atoms with E-state index in [1.165, 1.54) is 25.0 Å². The Morgan fingerprint density at radius 2 is 2.00 bits per heavy atom. The number of nitrogens with zero attached hydrogens (tertiary/aromatic N) is 2. The first-order valence-electron chi connectivity index (χ1n) is 6.09. The van der Waals surface area contributed by atoms with Crippen molar-refractivity contribution < 1.29 is 0 Å². The smallest absolute Gasteiger partial charge is 0.0665 e. The molecular weight excluding hydrogens is 196 g/mol. The van der Waals surface area contributed by atoms with E-state index in [1.54, 1.807) is 0 Å². The molecule has 0 unspecified atom stereocenters. The molecule has 0 bridgehead atoms. The predicted molar refractivity (Wildman–Crippen MR) is 69.6 cm³/mol. The van der Waals surface area contributed by atoms with Gasteiger partial charge in [0.2, 0.25) is 0 Å². The summed E-state index contributed by atoms with van der Waals surface area (Å²) in [4.78, 5) is 0. The molecule has 0 aliphatic heterocycles. The SMILES string of the molecule is C=CCc1cc(CC=C)n(CCCCC)n1. The van der Waals surface area contributed by atoms with Gasteiger partial charge < -0.3 is 0 Å². The average molecular weight is 218 g/mol. The lowest BCUT2D eigenvalue weighted by Crippen LogP contribution is -2.04. The van der Waals surface area contributed by atoms with Crippen molar-refractivity contribution in [2.75, 3.05) is 0 Å². The first-order valence-corrected chi connectivity index (χ1v) is 6.09. The van der Waals surface area contributed by atoms with Crippen LogP contribution in [-0.2, 0) is 19.4 Å². The molecule has 1 aromatic rings. The maximum Gasteiger partial charge on any atom is 0.0665 e. The van der Waals surface area contributed by atoms with Gasteiger partial charge in [0.1, 0.15) is 0 Å². The molecule has 0 amide bonds. The number of hydrogen-bond acceptors (Lipinski definition) is 1. The van der Waals surface area contributed by atoms with Gasteiger partial charge in [-0.05, 0) is 12.5 Å². The molecule has 0 radical (unpaired) electrons. The molecule has 0 aromatic carbocycles. The Morgan fingerprint density at radius 1 is 1.25 bits per heavy atom. The van der Waals surface area contributed by atoms with Crippen LogP contribution in [0.15, 0.2) is 31.4 Å². The molecular formula is C14H22N2. The van der Waals surface area contributed by atoms with E-state index in [0.29, 0.717) is 0 Å². The summed E-state index contributed by atoms with van der Waals surface area (Å²) in [5, 5.41) is 4.59. The van der Waals surface area contributed by atoms with Crippen molar-refractivity contribution in [3.05, 3.63) is 42.8 Å². The number of aromatic nitrogens is 2. The lowest BCUT2D eigenvalue weighted by Gasteiger charge is -2.04. The molecule has 0 aliphatic rings. The Kier molecular flexibility index (Phi) is 5.62. The van der Waals surface area contributed by atoms with Gasteiger partial charge in [0.25, 0.3) is 0 Å². The third-order valence-corrected chi connectivity index (χ3v) is 2.59. The van der Waals surface area contributed by atoms with Crippen LogP contribution in [0.5, 0.6) is 0 Å². The van der Waals surface area contributed by atoms with Crippen molar-refractivity contribution in [3.8, 4) is 0 Å². The monoisotopic (exact) mass is 218 g/mol. The topological polar surface area (TPSA) is 17.8 Å². The number of allylic oxidation sites excluding steroid dienone is 2. The normalized spacial score (nSPS) is 10.3. The lowest BCUT2D eigenvalue weighted by molar-refractivity contribution is 0.535. The van der Waals surface area contributed by atoms with Crippen LogP contribution in [0, 0.1) is 0 Å². The molecule has 1 heterocycles. The second kappa shape index (κ2) is 7.04. The number of rotatable bonds is 8. The standard InChI is InChI=1S/C14H22N2/c1-4-7-8-11-16-14(10-6-3)12-13(15-16)9-5-2/h5-6,12H,2-4,7-11H2,1H3. The minimum absolute atomic E-state index is 0.852. The van der Waals surface area contributed by atoms with E-state index < -0.39 is 0 Å². The van der Waals surface area contributed by atoms with Crippen molar-refractivity contribution in [1.29, 1.82) is 0 Å². The van der Waals surface area contributed by atoms with E-state index in [0.717, 1.165) is 25.1 Å². The summed E-state index contributed by atoms with van der Waals surface area (Å²) >= 11 is 0. The molecule has 88 valence electrons. The van der Waals surface area contributed by atoms with Crippen LogP contribution < -0.4 is 0 Å². The Labute approximate surface area is 98.7 Å². The first kappa shape index (κ1) is 12.8. The maximum absolute atomic E-state index is 4.59. The highest BCUT2D eigenvalue weighted by molar-refractivity contribution is 5.15. The molecule has 0 N–H and O–H groups in total. The van der Waals surface area contributed by atoms with Gasteiger partial charge >= 0.3 is 0 Å². The fourth-order valence-electron chi connectivity index (χ4n) is 1.78.